The quantitative estimate of drug-likeness (QED) is 0.836. The van der Waals surface area contributed by atoms with E-state index in [4.69, 9.17) is 11.6 Å². The lowest BCUT2D eigenvalue weighted by Crippen LogP contribution is -2.23. The number of ether oxygens (including phenoxy) is 1. The van der Waals surface area contributed by atoms with Crippen LogP contribution in [0.5, 0.6) is 0 Å². The Kier molecular flexibility index (Phi) is 6.63. The maximum Gasteiger partial charge on any atom is 0.411 e. The van der Waals surface area contributed by atoms with Crippen LogP contribution in [0.15, 0.2) is 48.5 Å². The van der Waals surface area contributed by atoms with Gasteiger partial charge in [-0.05, 0) is 41.8 Å². The van der Waals surface area contributed by atoms with Crippen molar-refractivity contribution in [2.75, 3.05) is 12.4 Å². The summed E-state index contributed by atoms with van der Waals surface area (Å²) in [6, 6.07) is 14.7. The molecule has 0 bridgehead atoms. The number of hydrogen-bond donors (Lipinski definition) is 2. The molecule has 2 N–H and O–H groups in total. The van der Waals surface area contributed by atoms with Gasteiger partial charge >= 0.3 is 6.09 Å². The fraction of sp³-hybridized carbons (Fsp3) is 0.222. The zero-order chi connectivity index (χ0) is 17.4. The third kappa shape index (κ3) is 5.93. The highest BCUT2D eigenvalue weighted by molar-refractivity contribution is 6.30. The number of anilines is 1. The van der Waals surface area contributed by atoms with Crippen molar-refractivity contribution >= 4 is 29.3 Å². The largest absolute Gasteiger partial charge is 0.453 e. The van der Waals surface area contributed by atoms with Gasteiger partial charge in [0, 0.05) is 23.7 Å². The molecule has 2 rings (SSSR count). The van der Waals surface area contributed by atoms with Crippen molar-refractivity contribution in [2.45, 2.75) is 19.4 Å². The van der Waals surface area contributed by atoms with Crippen molar-refractivity contribution in [2.24, 2.45) is 0 Å². The van der Waals surface area contributed by atoms with Crippen LogP contribution in [0.25, 0.3) is 0 Å². The first-order valence-corrected chi connectivity index (χ1v) is 7.89. The molecule has 24 heavy (non-hydrogen) atoms. The van der Waals surface area contributed by atoms with Crippen molar-refractivity contribution in [3.05, 3.63) is 64.7 Å². The predicted octanol–water partition coefficient (Wildman–Crippen LogP) is 3.77. The van der Waals surface area contributed by atoms with E-state index in [1.54, 1.807) is 12.1 Å². The van der Waals surface area contributed by atoms with Gasteiger partial charge in [0.1, 0.15) is 0 Å². The molecule has 0 unspecified atom stereocenters. The van der Waals surface area contributed by atoms with Crippen LogP contribution in [0.3, 0.4) is 0 Å². The maximum atomic E-state index is 11.9. The minimum Gasteiger partial charge on any atom is -0.453 e. The minimum atomic E-state index is -0.517. The van der Waals surface area contributed by atoms with Gasteiger partial charge < -0.3 is 10.1 Å². The minimum absolute atomic E-state index is 0.0215. The van der Waals surface area contributed by atoms with Crippen LogP contribution < -0.4 is 10.6 Å². The Morgan fingerprint density at radius 2 is 1.83 bits per heavy atom. The van der Waals surface area contributed by atoms with Crippen LogP contribution in [-0.2, 0) is 22.5 Å². The van der Waals surface area contributed by atoms with Crippen molar-refractivity contribution < 1.29 is 14.3 Å². The highest BCUT2D eigenvalue weighted by Gasteiger charge is 2.04. The summed E-state index contributed by atoms with van der Waals surface area (Å²) in [5.74, 6) is -0.0215. The standard InChI is InChI=1S/C18H19ClN2O3/c1-24-18(23)21-16-8-5-14(6-9-16)12-20-17(22)10-7-13-3-2-4-15(19)11-13/h2-6,8-9,11H,7,10,12H2,1H3,(H,20,22)(H,21,23). The Morgan fingerprint density at radius 1 is 1.08 bits per heavy atom. The lowest BCUT2D eigenvalue weighted by atomic mass is 10.1. The summed E-state index contributed by atoms with van der Waals surface area (Å²) >= 11 is 5.92. The van der Waals surface area contributed by atoms with Gasteiger partial charge in [0.05, 0.1) is 7.11 Å². The van der Waals surface area contributed by atoms with E-state index in [1.807, 2.05) is 36.4 Å². The summed E-state index contributed by atoms with van der Waals surface area (Å²) < 4.78 is 4.52. The zero-order valence-electron chi connectivity index (χ0n) is 13.3. The molecule has 0 fully saturated rings. The maximum absolute atomic E-state index is 11.9. The molecule has 0 saturated carbocycles. The first-order chi connectivity index (χ1) is 11.6. The number of methoxy groups -OCH3 is 1. The number of amides is 2. The number of benzene rings is 2. The molecule has 0 spiro atoms. The van der Waals surface area contributed by atoms with Gasteiger partial charge in [-0.2, -0.15) is 0 Å². The monoisotopic (exact) mass is 346 g/mol. The molecule has 6 heteroatoms. The first-order valence-electron chi connectivity index (χ1n) is 7.52. The predicted molar refractivity (Wildman–Crippen MR) is 94.1 cm³/mol. The molecule has 0 aromatic heterocycles. The van der Waals surface area contributed by atoms with Gasteiger partial charge in [0.15, 0.2) is 0 Å². The lowest BCUT2D eigenvalue weighted by molar-refractivity contribution is -0.121. The van der Waals surface area contributed by atoms with Crippen molar-refractivity contribution in [3.63, 3.8) is 0 Å². The number of aryl methyl sites for hydroxylation is 1. The van der Waals surface area contributed by atoms with Crippen molar-refractivity contribution in [3.8, 4) is 0 Å². The summed E-state index contributed by atoms with van der Waals surface area (Å²) in [7, 11) is 1.31. The highest BCUT2D eigenvalue weighted by atomic mass is 35.5. The van der Waals surface area contributed by atoms with Crippen molar-refractivity contribution in [1.29, 1.82) is 0 Å². The Bertz CT molecular complexity index is 702. The number of rotatable bonds is 6. The van der Waals surface area contributed by atoms with Gasteiger partial charge in [-0.25, -0.2) is 4.79 Å². The van der Waals surface area contributed by atoms with Crippen LogP contribution in [0, 0.1) is 0 Å². The van der Waals surface area contributed by atoms with E-state index < -0.39 is 6.09 Å². The van der Waals surface area contributed by atoms with E-state index in [-0.39, 0.29) is 5.91 Å². The summed E-state index contributed by atoms with van der Waals surface area (Å²) in [5, 5.41) is 6.11. The third-order valence-electron chi connectivity index (χ3n) is 3.41. The number of hydrogen-bond acceptors (Lipinski definition) is 3. The molecule has 5 nitrogen and oxygen atoms in total. The average Bonchev–Trinajstić information content (AvgIpc) is 2.59. The second-order valence-electron chi connectivity index (χ2n) is 5.22. The van der Waals surface area contributed by atoms with E-state index >= 15 is 0 Å². The summed E-state index contributed by atoms with van der Waals surface area (Å²) in [6.07, 6.45) is 0.536. The topological polar surface area (TPSA) is 67.4 Å². The fourth-order valence-corrected chi connectivity index (χ4v) is 2.33. The molecule has 2 aromatic rings. The second-order valence-corrected chi connectivity index (χ2v) is 5.66. The van der Waals surface area contributed by atoms with Gasteiger partial charge in [-0.3, -0.25) is 10.1 Å². The third-order valence-corrected chi connectivity index (χ3v) is 3.64. The van der Waals surface area contributed by atoms with Crippen LogP contribution in [0.4, 0.5) is 10.5 Å². The second kappa shape index (κ2) is 8.93. The Balaban J connectivity index is 1.76. The molecule has 0 heterocycles. The normalized spacial score (nSPS) is 10.1. The molecule has 126 valence electrons. The Labute approximate surface area is 146 Å². The molecule has 2 amide bonds. The molecular formula is C18H19ClN2O3. The van der Waals surface area contributed by atoms with Crippen molar-refractivity contribution in [1.82, 2.24) is 5.32 Å². The number of halogens is 1. The number of carbonyl (C=O) groups is 2. The van der Waals surface area contributed by atoms with E-state index in [1.165, 1.54) is 7.11 Å². The van der Waals surface area contributed by atoms with Crippen LogP contribution in [-0.4, -0.2) is 19.1 Å². The number of carbonyl (C=O) groups excluding carboxylic acids is 2. The Morgan fingerprint density at radius 3 is 2.50 bits per heavy atom. The van der Waals surface area contributed by atoms with Gasteiger partial charge in [-0.15, -0.1) is 0 Å². The average molecular weight is 347 g/mol. The molecular weight excluding hydrogens is 328 g/mol. The van der Waals surface area contributed by atoms with Crippen LogP contribution in [0.1, 0.15) is 17.5 Å². The molecule has 0 saturated heterocycles. The highest BCUT2D eigenvalue weighted by Crippen LogP contribution is 2.12. The smallest absolute Gasteiger partial charge is 0.411 e. The number of nitrogens with one attached hydrogen (secondary N) is 2. The first kappa shape index (κ1) is 17.8. The van der Waals surface area contributed by atoms with Crippen LogP contribution >= 0.6 is 11.6 Å². The van der Waals surface area contributed by atoms with Gasteiger partial charge in [-0.1, -0.05) is 35.9 Å². The SMILES string of the molecule is COC(=O)Nc1ccc(CNC(=O)CCc2cccc(Cl)c2)cc1. The van der Waals surface area contributed by atoms with Gasteiger partial charge in [0.25, 0.3) is 0 Å². The summed E-state index contributed by atoms with van der Waals surface area (Å²) in [4.78, 5) is 23.0. The lowest BCUT2D eigenvalue weighted by Gasteiger charge is -2.07. The summed E-state index contributed by atoms with van der Waals surface area (Å²) in [6.45, 7) is 0.437. The molecule has 0 aliphatic rings. The van der Waals surface area contributed by atoms with E-state index in [9.17, 15) is 9.59 Å². The van der Waals surface area contributed by atoms with Gasteiger partial charge in [0.2, 0.25) is 5.91 Å². The van der Waals surface area contributed by atoms with E-state index in [0.717, 1.165) is 11.1 Å². The zero-order valence-corrected chi connectivity index (χ0v) is 14.1. The van der Waals surface area contributed by atoms with E-state index in [2.05, 4.69) is 15.4 Å². The molecule has 2 aromatic carbocycles. The van der Waals surface area contributed by atoms with Crippen LogP contribution in [0.2, 0.25) is 5.02 Å². The summed E-state index contributed by atoms with van der Waals surface area (Å²) in [5.41, 5.74) is 2.62. The van der Waals surface area contributed by atoms with E-state index in [0.29, 0.717) is 30.1 Å². The molecule has 0 radical (unpaired) electrons. The Hall–Kier alpha value is -2.53. The molecule has 0 aliphatic carbocycles. The fourth-order valence-electron chi connectivity index (χ4n) is 2.11. The molecule has 0 aliphatic heterocycles. The molecule has 0 atom stereocenters.